The first kappa shape index (κ1) is 12.7. The first-order valence-corrected chi connectivity index (χ1v) is 5.29. The van der Waals surface area contributed by atoms with Crippen molar-refractivity contribution in [1.29, 1.82) is 0 Å². The Bertz CT molecular complexity index is 335. The van der Waals surface area contributed by atoms with Gasteiger partial charge in [-0.1, -0.05) is 19.1 Å². The zero-order chi connectivity index (χ0) is 12.0. The zero-order valence-corrected chi connectivity index (χ0v) is 9.35. The van der Waals surface area contributed by atoms with Gasteiger partial charge in [0.25, 0.3) is 0 Å². The molecule has 0 amide bonds. The number of nitrogens with two attached hydrogens (primary N) is 1. The van der Waals surface area contributed by atoms with Gasteiger partial charge in [0.2, 0.25) is 0 Å². The van der Waals surface area contributed by atoms with E-state index in [0.29, 0.717) is 13.2 Å². The maximum atomic E-state index is 10.6. The first-order chi connectivity index (χ1) is 7.63. The third-order valence-corrected chi connectivity index (χ3v) is 2.33. The Morgan fingerprint density at radius 2 is 2.06 bits per heavy atom. The van der Waals surface area contributed by atoms with Gasteiger partial charge in [0, 0.05) is 6.04 Å². The van der Waals surface area contributed by atoms with Gasteiger partial charge in [-0.3, -0.25) is 0 Å². The van der Waals surface area contributed by atoms with E-state index in [1.165, 1.54) is 0 Å². The third kappa shape index (κ3) is 4.00. The van der Waals surface area contributed by atoms with Crippen LogP contribution < -0.4 is 5.73 Å². The van der Waals surface area contributed by atoms with Crippen molar-refractivity contribution in [3.63, 3.8) is 0 Å². The van der Waals surface area contributed by atoms with Crippen molar-refractivity contribution in [1.82, 2.24) is 0 Å². The number of aromatic carboxylic acids is 1. The average molecular weight is 223 g/mol. The summed E-state index contributed by atoms with van der Waals surface area (Å²) in [7, 11) is 0. The molecule has 0 heterocycles. The summed E-state index contributed by atoms with van der Waals surface area (Å²) in [4.78, 5) is 10.6. The highest BCUT2D eigenvalue weighted by molar-refractivity contribution is 5.87. The van der Waals surface area contributed by atoms with Gasteiger partial charge < -0.3 is 15.6 Å². The summed E-state index contributed by atoms with van der Waals surface area (Å²) >= 11 is 0. The van der Waals surface area contributed by atoms with E-state index in [2.05, 4.69) is 0 Å². The first-order valence-electron chi connectivity index (χ1n) is 5.29. The Labute approximate surface area is 95.0 Å². The largest absolute Gasteiger partial charge is 0.478 e. The SMILES string of the molecule is CCC(N)COCc1ccc(C(=O)O)cc1. The number of carboxylic acid groups (broad SMARTS) is 1. The lowest BCUT2D eigenvalue weighted by Gasteiger charge is -2.09. The fourth-order valence-corrected chi connectivity index (χ4v) is 1.19. The van der Waals surface area contributed by atoms with E-state index >= 15 is 0 Å². The molecule has 88 valence electrons. The van der Waals surface area contributed by atoms with E-state index in [0.717, 1.165) is 12.0 Å². The van der Waals surface area contributed by atoms with Gasteiger partial charge in [-0.2, -0.15) is 0 Å². The van der Waals surface area contributed by atoms with Crippen LogP contribution in [0.25, 0.3) is 0 Å². The van der Waals surface area contributed by atoms with E-state index < -0.39 is 5.97 Å². The molecule has 0 spiro atoms. The Morgan fingerprint density at radius 1 is 1.44 bits per heavy atom. The molecule has 4 nitrogen and oxygen atoms in total. The molecule has 3 N–H and O–H groups in total. The molecule has 1 unspecified atom stereocenters. The van der Waals surface area contributed by atoms with Crippen LogP contribution in [0.3, 0.4) is 0 Å². The Kier molecular flexibility index (Phi) is 4.95. The van der Waals surface area contributed by atoms with Crippen molar-refractivity contribution < 1.29 is 14.6 Å². The minimum absolute atomic E-state index is 0.0679. The number of rotatable bonds is 6. The monoisotopic (exact) mass is 223 g/mol. The minimum Gasteiger partial charge on any atom is -0.478 e. The van der Waals surface area contributed by atoms with Gasteiger partial charge in [0.15, 0.2) is 0 Å². The number of hydrogen-bond acceptors (Lipinski definition) is 3. The smallest absolute Gasteiger partial charge is 0.335 e. The predicted molar refractivity (Wildman–Crippen MR) is 61.3 cm³/mol. The molecule has 1 aromatic carbocycles. The van der Waals surface area contributed by atoms with Crippen LogP contribution in [0.2, 0.25) is 0 Å². The molecule has 0 aliphatic heterocycles. The van der Waals surface area contributed by atoms with Crippen molar-refractivity contribution in [2.75, 3.05) is 6.61 Å². The lowest BCUT2D eigenvalue weighted by Crippen LogP contribution is -2.24. The van der Waals surface area contributed by atoms with Crippen molar-refractivity contribution in [2.45, 2.75) is 26.0 Å². The molecule has 4 heteroatoms. The zero-order valence-electron chi connectivity index (χ0n) is 9.35. The van der Waals surface area contributed by atoms with E-state index in [-0.39, 0.29) is 11.6 Å². The summed E-state index contributed by atoms with van der Waals surface area (Å²) in [5.41, 5.74) is 6.94. The number of ether oxygens (including phenoxy) is 1. The van der Waals surface area contributed by atoms with Crippen LogP contribution in [0.4, 0.5) is 0 Å². The number of carbonyl (C=O) groups is 1. The standard InChI is InChI=1S/C12H17NO3/c1-2-11(13)8-16-7-9-3-5-10(6-4-9)12(14)15/h3-6,11H,2,7-8,13H2,1H3,(H,14,15). The van der Waals surface area contributed by atoms with Gasteiger partial charge in [0.1, 0.15) is 0 Å². The number of hydrogen-bond donors (Lipinski definition) is 2. The molecule has 0 aliphatic carbocycles. The molecule has 0 radical (unpaired) electrons. The second-order valence-electron chi connectivity index (χ2n) is 3.69. The van der Waals surface area contributed by atoms with Crippen LogP contribution in [-0.4, -0.2) is 23.7 Å². The van der Waals surface area contributed by atoms with Gasteiger partial charge in [0.05, 0.1) is 18.8 Å². The van der Waals surface area contributed by atoms with Crippen LogP contribution in [0.1, 0.15) is 29.3 Å². The highest BCUT2D eigenvalue weighted by atomic mass is 16.5. The molecule has 0 saturated heterocycles. The van der Waals surface area contributed by atoms with E-state index in [1.807, 2.05) is 6.92 Å². The summed E-state index contributed by atoms with van der Waals surface area (Å²) < 4.78 is 5.40. The van der Waals surface area contributed by atoms with Crippen LogP contribution in [0.5, 0.6) is 0 Å². The molecule has 1 atom stereocenters. The molecule has 0 fully saturated rings. The lowest BCUT2D eigenvalue weighted by molar-refractivity contribution is 0.0696. The summed E-state index contributed by atoms with van der Waals surface area (Å²) in [6.07, 6.45) is 0.887. The fraction of sp³-hybridized carbons (Fsp3) is 0.417. The quantitative estimate of drug-likeness (QED) is 0.769. The van der Waals surface area contributed by atoms with Gasteiger partial charge in [-0.25, -0.2) is 4.79 Å². The Balaban J connectivity index is 2.40. The molecule has 0 aliphatic rings. The highest BCUT2D eigenvalue weighted by Gasteiger charge is 2.02. The molecule has 1 rings (SSSR count). The van der Waals surface area contributed by atoms with Crippen LogP contribution in [-0.2, 0) is 11.3 Å². The number of benzene rings is 1. The van der Waals surface area contributed by atoms with Gasteiger partial charge in [-0.05, 0) is 24.1 Å². The molecular formula is C12H17NO3. The molecule has 16 heavy (non-hydrogen) atoms. The third-order valence-electron chi connectivity index (χ3n) is 2.33. The van der Waals surface area contributed by atoms with E-state index in [9.17, 15) is 4.79 Å². The van der Waals surface area contributed by atoms with Crippen LogP contribution in [0.15, 0.2) is 24.3 Å². The normalized spacial score (nSPS) is 12.4. The Hall–Kier alpha value is -1.39. The topological polar surface area (TPSA) is 72.5 Å². The van der Waals surface area contributed by atoms with Crippen molar-refractivity contribution in [3.8, 4) is 0 Å². The second kappa shape index (κ2) is 6.25. The summed E-state index contributed by atoms with van der Waals surface area (Å²) in [5.74, 6) is -0.916. The summed E-state index contributed by atoms with van der Waals surface area (Å²) in [6.45, 7) is 3.00. The van der Waals surface area contributed by atoms with Crippen molar-refractivity contribution >= 4 is 5.97 Å². The van der Waals surface area contributed by atoms with Crippen LogP contribution >= 0.6 is 0 Å². The fourth-order valence-electron chi connectivity index (χ4n) is 1.19. The molecule has 0 bridgehead atoms. The second-order valence-corrected chi connectivity index (χ2v) is 3.69. The van der Waals surface area contributed by atoms with Gasteiger partial charge >= 0.3 is 5.97 Å². The van der Waals surface area contributed by atoms with E-state index in [4.69, 9.17) is 15.6 Å². The highest BCUT2D eigenvalue weighted by Crippen LogP contribution is 2.06. The summed E-state index contributed by atoms with van der Waals surface area (Å²) in [6, 6.07) is 6.71. The minimum atomic E-state index is -0.916. The number of carboxylic acids is 1. The summed E-state index contributed by atoms with van der Waals surface area (Å²) in [5, 5.41) is 8.71. The maximum absolute atomic E-state index is 10.6. The van der Waals surface area contributed by atoms with Crippen LogP contribution in [0, 0.1) is 0 Å². The van der Waals surface area contributed by atoms with Gasteiger partial charge in [-0.15, -0.1) is 0 Å². The average Bonchev–Trinajstić information content (AvgIpc) is 2.29. The van der Waals surface area contributed by atoms with E-state index in [1.54, 1.807) is 24.3 Å². The molecular weight excluding hydrogens is 206 g/mol. The molecule has 0 saturated carbocycles. The predicted octanol–water partition coefficient (Wildman–Crippen LogP) is 1.64. The van der Waals surface area contributed by atoms with Crippen molar-refractivity contribution in [3.05, 3.63) is 35.4 Å². The Morgan fingerprint density at radius 3 is 2.56 bits per heavy atom. The maximum Gasteiger partial charge on any atom is 0.335 e. The van der Waals surface area contributed by atoms with Crippen molar-refractivity contribution in [2.24, 2.45) is 5.73 Å². The molecule has 0 aromatic heterocycles. The lowest BCUT2D eigenvalue weighted by atomic mass is 10.1. The molecule has 1 aromatic rings.